The zero-order valence-electron chi connectivity index (χ0n) is 16.4. The Balaban J connectivity index is 2.20. The van der Waals surface area contributed by atoms with Gasteiger partial charge in [0.15, 0.2) is 9.80 Å². The number of rotatable bonds is 5. The van der Waals surface area contributed by atoms with Crippen LogP contribution in [0.1, 0.15) is 26.3 Å². The van der Waals surface area contributed by atoms with Gasteiger partial charge in [0, 0.05) is 24.1 Å². The van der Waals surface area contributed by atoms with Crippen molar-refractivity contribution in [2.24, 2.45) is 0 Å². The van der Waals surface area contributed by atoms with Crippen LogP contribution in [0.2, 0.25) is 0 Å². The molecule has 2 aromatic rings. The summed E-state index contributed by atoms with van der Waals surface area (Å²) in [6.07, 6.45) is 0. The van der Waals surface area contributed by atoms with E-state index in [1.807, 2.05) is 57.2 Å². The number of fused-ring (bicyclic) bond motifs is 1. The number of benzene rings is 2. The van der Waals surface area contributed by atoms with Crippen molar-refractivity contribution in [2.75, 3.05) is 18.6 Å². The van der Waals surface area contributed by atoms with E-state index in [1.165, 1.54) is 23.5 Å². The highest BCUT2D eigenvalue weighted by Gasteiger charge is 2.61. The lowest BCUT2D eigenvalue weighted by Crippen LogP contribution is -2.63. The zero-order chi connectivity index (χ0) is 20.6. The molecule has 1 fully saturated rings. The molecule has 152 valence electrons. The number of nitrogens with one attached hydrogen (secondary N) is 2. The molecule has 0 radical (unpaired) electrons. The second kappa shape index (κ2) is 7.99. The van der Waals surface area contributed by atoms with Crippen LogP contribution in [-0.2, 0) is 21.5 Å². The van der Waals surface area contributed by atoms with E-state index in [2.05, 4.69) is 10.0 Å². The van der Waals surface area contributed by atoms with Gasteiger partial charge in [0.2, 0.25) is 0 Å². The molecule has 0 bridgehead atoms. The Labute approximate surface area is 177 Å². The van der Waals surface area contributed by atoms with Gasteiger partial charge in [-0.1, -0.05) is 36.4 Å². The number of hydrogen-bond donors (Lipinski definition) is 3. The molecule has 0 aromatic heterocycles. The number of carbonyl (C=O) groups is 1. The van der Waals surface area contributed by atoms with Crippen LogP contribution in [0.5, 0.6) is 0 Å². The molecule has 0 spiro atoms. The normalized spacial score (nSPS) is 19.9. The highest BCUT2D eigenvalue weighted by Crippen LogP contribution is 2.54. The predicted octanol–water partition coefficient (Wildman–Crippen LogP) is 2.96. The Kier molecular flexibility index (Phi) is 6.18. The number of hydrogen-bond acceptors (Lipinski definition) is 5. The molecule has 0 aliphatic carbocycles. The average molecular weight is 439 g/mol. The van der Waals surface area contributed by atoms with Crippen LogP contribution in [0.3, 0.4) is 0 Å². The SMILES string of the molecule is CNC(=O)C1(C(O)(NS(=O)C(C)(C)C)c2ccc3ccccc3c2)SCCS1. The summed E-state index contributed by atoms with van der Waals surface area (Å²) in [6.45, 7) is 5.50. The second-order valence-corrected chi connectivity index (χ2v) is 12.5. The van der Waals surface area contributed by atoms with Crippen LogP contribution in [0.25, 0.3) is 10.8 Å². The molecule has 5 nitrogen and oxygen atoms in total. The van der Waals surface area contributed by atoms with E-state index in [0.717, 1.165) is 22.3 Å². The van der Waals surface area contributed by atoms with E-state index in [0.29, 0.717) is 5.56 Å². The Morgan fingerprint density at radius 3 is 2.29 bits per heavy atom. The molecule has 2 unspecified atom stereocenters. The molecule has 8 heteroatoms. The van der Waals surface area contributed by atoms with Crippen LogP contribution in [0.15, 0.2) is 42.5 Å². The lowest BCUT2D eigenvalue weighted by atomic mass is 9.95. The zero-order valence-corrected chi connectivity index (χ0v) is 18.9. The van der Waals surface area contributed by atoms with Crippen LogP contribution in [0, 0.1) is 0 Å². The van der Waals surface area contributed by atoms with Crippen molar-refractivity contribution in [3.8, 4) is 0 Å². The van der Waals surface area contributed by atoms with Crippen molar-refractivity contribution in [1.29, 1.82) is 0 Å². The van der Waals surface area contributed by atoms with E-state index < -0.39 is 25.5 Å². The molecule has 3 N–H and O–H groups in total. The van der Waals surface area contributed by atoms with Gasteiger partial charge in [-0.2, -0.15) is 0 Å². The molecule has 1 saturated heterocycles. The first-order chi connectivity index (χ1) is 13.1. The molecule has 1 heterocycles. The standard InChI is InChI=1S/C20H26N2O3S3/c1-18(2,3)28(25)22-19(24,20(17(23)21-4)26-11-12-27-20)16-10-9-14-7-5-6-8-15(14)13-16/h5-10,13,22,24H,11-12H2,1-4H3,(H,21,23). The van der Waals surface area contributed by atoms with Gasteiger partial charge in [0.1, 0.15) is 0 Å². The molecule has 0 saturated carbocycles. The third kappa shape index (κ3) is 3.73. The topological polar surface area (TPSA) is 78.4 Å². The summed E-state index contributed by atoms with van der Waals surface area (Å²) in [5.74, 6) is 1.14. The van der Waals surface area contributed by atoms with E-state index in [4.69, 9.17) is 0 Å². The van der Waals surface area contributed by atoms with Crippen molar-refractivity contribution in [3.63, 3.8) is 0 Å². The van der Waals surface area contributed by atoms with Crippen molar-refractivity contribution < 1.29 is 14.1 Å². The monoisotopic (exact) mass is 438 g/mol. The second-order valence-electron chi connectivity index (χ2n) is 7.65. The fourth-order valence-electron chi connectivity index (χ4n) is 3.10. The van der Waals surface area contributed by atoms with Crippen LogP contribution in [0.4, 0.5) is 0 Å². The predicted molar refractivity (Wildman–Crippen MR) is 121 cm³/mol. The maximum atomic E-state index is 13.0. The smallest absolute Gasteiger partial charge is 0.251 e. The van der Waals surface area contributed by atoms with Crippen molar-refractivity contribution in [1.82, 2.24) is 10.0 Å². The molecule has 2 aromatic carbocycles. The lowest BCUT2D eigenvalue weighted by molar-refractivity contribution is -0.127. The Bertz CT molecular complexity index is 907. The molecule has 1 aliphatic rings. The Morgan fingerprint density at radius 2 is 1.71 bits per heavy atom. The van der Waals surface area contributed by atoms with Crippen molar-refractivity contribution in [3.05, 3.63) is 48.0 Å². The summed E-state index contributed by atoms with van der Waals surface area (Å²) < 4.78 is 14.1. The van der Waals surface area contributed by atoms with Gasteiger partial charge in [-0.3, -0.25) is 4.79 Å². The van der Waals surface area contributed by atoms with Gasteiger partial charge in [-0.15, -0.1) is 23.5 Å². The van der Waals surface area contributed by atoms with Gasteiger partial charge in [0.05, 0.1) is 15.7 Å². The van der Waals surface area contributed by atoms with Gasteiger partial charge in [-0.05, 0) is 37.6 Å². The first-order valence-electron chi connectivity index (χ1n) is 9.05. The molecule has 28 heavy (non-hydrogen) atoms. The summed E-state index contributed by atoms with van der Waals surface area (Å²) in [5, 5.41) is 16.7. The quantitative estimate of drug-likeness (QED) is 0.626. The average Bonchev–Trinajstić information content (AvgIpc) is 3.17. The summed E-state index contributed by atoms with van der Waals surface area (Å²) in [5.41, 5.74) is -1.30. The number of aliphatic hydroxyl groups is 1. The van der Waals surface area contributed by atoms with E-state index in [-0.39, 0.29) is 5.91 Å². The summed E-state index contributed by atoms with van der Waals surface area (Å²) in [6, 6.07) is 13.4. The Hall–Kier alpha value is -1.06. The molecule has 3 rings (SSSR count). The third-order valence-corrected chi connectivity index (χ3v) is 9.81. The highest BCUT2D eigenvalue weighted by atomic mass is 32.2. The fourth-order valence-corrected chi connectivity index (χ4v) is 7.37. The van der Waals surface area contributed by atoms with Crippen LogP contribution in [-0.4, -0.2) is 42.6 Å². The first-order valence-corrected chi connectivity index (χ1v) is 12.2. The number of carbonyl (C=O) groups excluding carboxylic acids is 1. The number of thioether (sulfide) groups is 2. The highest BCUT2D eigenvalue weighted by molar-refractivity contribution is 8.22. The summed E-state index contributed by atoms with van der Waals surface area (Å²) in [4.78, 5) is 13.0. The largest absolute Gasteiger partial charge is 0.368 e. The number of amides is 1. The first kappa shape index (κ1) is 21.6. The molecular formula is C20H26N2O3S3. The molecular weight excluding hydrogens is 412 g/mol. The lowest BCUT2D eigenvalue weighted by Gasteiger charge is -2.43. The molecule has 2 atom stereocenters. The minimum atomic E-state index is -1.82. The van der Waals surface area contributed by atoms with Crippen molar-refractivity contribution in [2.45, 2.75) is 35.3 Å². The van der Waals surface area contributed by atoms with Crippen LogP contribution >= 0.6 is 23.5 Å². The van der Waals surface area contributed by atoms with Crippen molar-refractivity contribution >= 4 is 51.2 Å². The van der Waals surface area contributed by atoms with Gasteiger partial charge < -0.3 is 10.4 Å². The molecule has 1 amide bonds. The van der Waals surface area contributed by atoms with Crippen LogP contribution < -0.4 is 10.0 Å². The fraction of sp³-hybridized carbons (Fsp3) is 0.450. The minimum absolute atomic E-state index is 0.297. The van der Waals surface area contributed by atoms with Gasteiger partial charge >= 0.3 is 0 Å². The summed E-state index contributed by atoms with van der Waals surface area (Å²) >= 11 is 2.77. The minimum Gasteiger partial charge on any atom is -0.368 e. The molecule has 1 aliphatic heterocycles. The summed E-state index contributed by atoms with van der Waals surface area (Å²) in [7, 11) is -0.0275. The van der Waals surface area contributed by atoms with Gasteiger partial charge in [0.25, 0.3) is 5.91 Å². The van der Waals surface area contributed by atoms with Gasteiger partial charge in [-0.25, -0.2) is 8.93 Å². The van der Waals surface area contributed by atoms with E-state index >= 15 is 0 Å². The maximum Gasteiger partial charge on any atom is 0.251 e. The Morgan fingerprint density at radius 1 is 1.11 bits per heavy atom. The third-order valence-electron chi connectivity index (χ3n) is 4.66. The van der Waals surface area contributed by atoms with E-state index in [1.54, 1.807) is 13.1 Å². The maximum absolute atomic E-state index is 13.0. The van der Waals surface area contributed by atoms with E-state index in [9.17, 15) is 14.1 Å².